The van der Waals surface area contributed by atoms with Crippen molar-refractivity contribution in [1.82, 2.24) is 14.5 Å². The molecule has 4 aromatic rings. The number of para-hydroxylation sites is 1. The van der Waals surface area contributed by atoms with Gasteiger partial charge in [0.2, 0.25) is 0 Å². The minimum atomic E-state index is -0.472. The third kappa shape index (κ3) is 5.11. The number of pyridine rings is 1. The monoisotopic (exact) mass is 511 g/mol. The van der Waals surface area contributed by atoms with Crippen LogP contribution < -0.4 is 5.56 Å². The predicted molar refractivity (Wildman–Crippen MR) is 130 cm³/mol. The SMILES string of the molecule is CC(C)[AsH]Cc1cccc(CCc2nc3ccc(F)cc3c(=O)n2-c2ccccc2Cl)n1. The van der Waals surface area contributed by atoms with Gasteiger partial charge in [-0.2, -0.15) is 0 Å². The Kier molecular flexibility index (Phi) is 7.07. The number of hydrogen-bond acceptors (Lipinski definition) is 3. The number of aryl methyl sites for hydroxylation is 2. The van der Waals surface area contributed by atoms with Crippen molar-refractivity contribution >= 4 is 38.3 Å². The molecule has 0 spiro atoms. The van der Waals surface area contributed by atoms with E-state index in [9.17, 15) is 9.18 Å². The third-order valence-electron chi connectivity index (χ3n) is 5.15. The summed E-state index contributed by atoms with van der Waals surface area (Å²) in [7, 11) is 0. The maximum atomic E-state index is 13.8. The van der Waals surface area contributed by atoms with E-state index in [2.05, 4.69) is 19.9 Å². The first-order valence-corrected chi connectivity index (χ1v) is 13.6. The molecule has 164 valence electrons. The standard InChI is InChI=1S/C25H24AsClFN3O/c1-16(2)26-15-19-7-5-6-18(29-19)11-13-24-30-22-12-10-17(28)14-20(22)25(32)31(24)23-9-4-3-8-21(23)27/h3-10,12,14,16,26H,11,13,15H2,1-2H3. The molecule has 0 aliphatic heterocycles. The molecule has 4 rings (SSSR count). The number of aromatic nitrogens is 3. The molecule has 2 aromatic carbocycles. The van der Waals surface area contributed by atoms with Crippen LogP contribution in [0.4, 0.5) is 4.39 Å². The van der Waals surface area contributed by atoms with E-state index >= 15 is 0 Å². The second kappa shape index (κ2) is 9.97. The van der Waals surface area contributed by atoms with Crippen LogP contribution >= 0.6 is 11.6 Å². The van der Waals surface area contributed by atoms with Crippen LogP contribution in [0.2, 0.25) is 9.73 Å². The van der Waals surface area contributed by atoms with Crippen LogP contribution in [0.15, 0.2) is 65.5 Å². The zero-order chi connectivity index (χ0) is 22.7. The van der Waals surface area contributed by atoms with Gasteiger partial charge >= 0.3 is 194 Å². The summed E-state index contributed by atoms with van der Waals surface area (Å²) >= 11 is 6.36. The molecule has 32 heavy (non-hydrogen) atoms. The molecule has 0 aliphatic rings. The average molecular weight is 512 g/mol. The quantitative estimate of drug-likeness (QED) is 0.324. The number of nitrogens with zero attached hydrogens (tertiary/aromatic N) is 3. The average Bonchev–Trinajstić information content (AvgIpc) is 2.78. The van der Waals surface area contributed by atoms with Gasteiger partial charge in [0.25, 0.3) is 0 Å². The van der Waals surface area contributed by atoms with Crippen LogP contribution in [-0.4, -0.2) is 30.3 Å². The van der Waals surface area contributed by atoms with E-state index in [0.29, 0.717) is 34.9 Å². The molecular weight excluding hydrogens is 488 g/mol. The fraction of sp³-hybridized carbons (Fsp3) is 0.240. The van der Waals surface area contributed by atoms with Crippen molar-refractivity contribution in [3.8, 4) is 5.69 Å². The van der Waals surface area contributed by atoms with Crippen LogP contribution in [0.5, 0.6) is 0 Å². The van der Waals surface area contributed by atoms with Crippen molar-refractivity contribution in [1.29, 1.82) is 0 Å². The molecule has 0 N–H and O–H groups in total. The molecule has 0 fully saturated rings. The number of hydrogen-bond donors (Lipinski definition) is 0. The summed E-state index contributed by atoms with van der Waals surface area (Å²) in [4.78, 5) is 22.9. The summed E-state index contributed by atoms with van der Waals surface area (Å²) in [5.41, 5.74) is 2.77. The van der Waals surface area contributed by atoms with Gasteiger partial charge in [-0.1, -0.05) is 0 Å². The fourth-order valence-corrected chi connectivity index (χ4v) is 5.50. The van der Waals surface area contributed by atoms with Crippen LogP contribution in [0.1, 0.15) is 31.1 Å². The summed E-state index contributed by atoms with van der Waals surface area (Å²) in [6, 6.07) is 17.3. The van der Waals surface area contributed by atoms with Gasteiger partial charge in [-0.3, -0.25) is 0 Å². The molecule has 1 atom stereocenters. The third-order valence-corrected chi connectivity index (χ3v) is 8.37. The van der Waals surface area contributed by atoms with Gasteiger partial charge in [0.15, 0.2) is 0 Å². The molecule has 4 nitrogen and oxygen atoms in total. The summed E-state index contributed by atoms with van der Waals surface area (Å²) in [5, 5.41) is 1.73. The van der Waals surface area contributed by atoms with Gasteiger partial charge in [0.05, 0.1) is 0 Å². The Balaban J connectivity index is 1.73. The Bertz CT molecular complexity index is 1320. The molecule has 0 saturated carbocycles. The van der Waals surface area contributed by atoms with E-state index in [1.807, 2.05) is 18.2 Å². The second-order valence-corrected chi connectivity index (χ2v) is 12.4. The van der Waals surface area contributed by atoms with Gasteiger partial charge in [-0.25, -0.2) is 4.39 Å². The summed E-state index contributed by atoms with van der Waals surface area (Å²) < 4.78 is 16.1. The van der Waals surface area contributed by atoms with Gasteiger partial charge in [-0.15, -0.1) is 0 Å². The summed E-state index contributed by atoms with van der Waals surface area (Å²) in [5.74, 6) is 0.102. The van der Waals surface area contributed by atoms with Crippen LogP contribution in [0.25, 0.3) is 16.6 Å². The van der Waals surface area contributed by atoms with E-state index in [0.717, 1.165) is 21.3 Å². The number of fused-ring (bicyclic) bond motifs is 1. The zero-order valence-electron chi connectivity index (χ0n) is 18.0. The van der Waals surface area contributed by atoms with E-state index in [1.165, 1.54) is 16.7 Å². The summed E-state index contributed by atoms with van der Waals surface area (Å²) in [6.45, 7) is 4.52. The van der Waals surface area contributed by atoms with Gasteiger partial charge in [0, 0.05) is 0 Å². The Morgan fingerprint density at radius 2 is 1.78 bits per heavy atom. The van der Waals surface area contributed by atoms with E-state index in [4.69, 9.17) is 21.6 Å². The topological polar surface area (TPSA) is 47.8 Å². The Labute approximate surface area is 198 Å². The zero-order valence-corrected chi connectivity index (χ0v) is 20.8. The van der Waals surface area contributed by atoms with Gasteiger partial charge < -0.3 is 0 Å². The minimum absolute atomic E-state index is 0.0502. The van der Waals surface area contributed by atoms with Crippen molar-refractivity contribution in [2.75, 3.05) is 0 Å². The van der Waals surface area contributed by atoms with Gasteiger partial charge in [-0.05, 0) is 0 Å². The summed E-state index contributed by atoms with van der Waals surface area (Å²) in [6.07, 6.45) is 1.14. The number of benzene rings is 2. The van der Waals surface area contributed by atoms with Crippen molar-refractivity contribution in [2.24, 2.45) is 0 Å². The van der Waals surface area contributed by atoms with E-state index < -0.39 is 5.82 Å². The first-order chi connectivity index (χ1) is 15.4. The fourth-order valence-electron chi connectivity index (χ4n) is 3.57. The number of rotatable bonds is 7. The molecule has 0 amide bonds. The molecule has 2 heterocycles. The Hall–Kier alpha value is -2.49. The van der Waals surface area contributed by atoms with Crippen molar-refractivity contribution in [3.05, 3.63) is 99.1 Å². The Morgan fingerprint density at radius 1 is 1.00 bits per heavy atom. The molecule has 2 aromatic heterocycles. The molecule has 0 saturated heterocycles. The molecule has 0 bridgehead atoms. The van der Waals surface area contributed by atoms with Crippen LogP contribution in [0, 0.1) is 5.82 Å². The van der Waals surface area contributed by atoms with E-state index in [-0.39, 0.29) is 26.7 Å². The molecule has 0 aliphatic carbocycles. The van der Waals surface area contributed by atoms with Crippen molar-refractivity contribution in [3.63, 3.8) is 0 Å². The first-order valence-electron chi connectivity index (χ1n) is 10.6. The van der Waals surface area contributed by atoms with Crippen LogP contribution in [0.3, 0.4) is 0 Å². The number of halogens is 2. The molecule has 1 unspecified atom stereocenters. The molecule has 7 heteroatoms. The Morgan fingerprint density at radius 3 is 2.56 bits per heavy atom. The maximum absolute atomic E-state index is 13.8. The van der Waals surface area contributed by atoms with E-state index in [1.54, 1.807) is 24.3 Å². The van der Waals surface area contributed by atoms with Crippen LogP contribution in [-0.2, 0) is 18.1 Å². The first kappa shape index (κ1) is 22.7. The normalized spacial score (nSPS) is 11.8. The molecular formula is C25H24AsClFN3O. The van der Waals surface area contributed by atoms with Gasteiger partial charge in [0.1, 0.15) is 0 Å². The predicted octanol–water partition coefficient (Wildman–Crippen LogP) is 5.12. The van der Waals surface area contributed by atoms with Crippen molar-refractivity contribution in [2.45, 2.75) is 36.6 Å². The molecule has 0 radical (unpaired) electrons. The second-order valence-electron chi connectivity index (χ2n) is 7.94. The van der Waals surface area contributed by atoms with Crippen molar-refractivity contribution < 1.29 is 4.39 Å².